The topological polar surface area (TPSA) is 74.9 Å². The lowest BCUT2D eigenvalue weighted by Crippen LogP contribution is -2.15. The van der Waals surface area contributed by atoms with Gasteiger partial charge < -0.3 is 14.2 Å². The van der Waals surface area contributed by atoms with E-state index < -0.39 is 6.16 Å². The highest BCUT2D eigenvalue weighted by molar-refractivity contribution is 6.18. The summed E-state index contributed by atoms with van der Waals surface area (Å²) in [6.45, 7) is 17.1. The van der Waals surface area contributed by atoms with E-state index >= 15 is 0 Å². The minimum Gasteiger partial charge on any atom is -0.454 e. The third-order valence-corrected chi connectivity index (χ3v) is 5.42. The average Bonchev–Trinajstić information content (AvgIpc) is 3.07. The fourth-order valence-corrected chi connectivity index (χ4v) is 3.42. The average molecular weight is 470 g/mol. The molecule has 2 rings (SSSR count). The monoisotopic (exact) mass is 469 g/mol. The van der Waals surface area contributed by atoms with Gasteiger partial charge >= 0.3 is 6.16 Å². The van der Waals surface area contributed by atoms with Crippen molar-refractivity contribution in [3.05, 3.63) is 52.3 Å². The Bertz CT molecular complexity index is 1030. The Kier molecular flexibility index (Phi) is 9.47. The quantitative estimate of drug-likeness (QED) is 0.190. The molecule has 1 heterocycles. The minimum absolute atomic E-state index is 0.0410. The Hall–Kier alpha value is -3.09. The first-order valence-electron chi connectivity index (χ1n) is 11.7. The Labute approximate surface area is 203 Å². The second-order valence-corrected chi connectivity index (χ2v) is 9.69. The van der Waals surface area contributed by atoms with Crippen LogP contribution in [0.1, 0.15) is 69.6 Å². The second kappa shape index (κ2) is 11.9. The lowest BCUT2D eigenvalue weighted by Gasteiger charge is -2.20. The SMILES string of the molecule is CCn1nc(C)c(C)c1/C(OCOC(=O)OCC(C)C)=C(\C=NC)c1ccc(C(C)(C)C)cc1. The summed E-state index contributed by atoms with van der Waals surface area (Å²) in [6, 6.07) is 8.36. The van der Waals surface area contributed by atoms with Gasteiger partial charge in [0.05, 0.1) is 12.3 Å². The summed E-state index contributed by atoms with van der Waals surface area (Å²) in [5, 5.41) is 4.65. The number of benzene rings is 1. The van der Waals surface area contributed by atoms with Gasteiger partial charge in [-0.25, -0.2) is 4.79 Å². The van der Waals surface area contributed by atoms with E-state index in [9.17, 15) is 4.79 Å². The van der Waals surface area contributed by atoms with Crippen molar-refractivity contribution >= 4 is 23.7 Å². The molecule has 186 valence electrons. The number of nitrogens with zero attached hydrogens (tertiary/aromatic N) is 3. The number of allylic oxidation sites excluding steroid dienone is 1. The lowest BCUT2D eigenvalue weighted by atomic mass is 9.86. The number of hydrogen-bond donors (Lipinski definition) is 0. The zero-order chi connectivity index (χ0) is 25.5. The smallest absolute Gasteiger partial charge is 0.454 e. The third kappa shape index (κ3) is 6.95. The van der Waals surface area contributed by atoms with Crippen molar-refractivity contribution in [1.29, 1.82) is 0 Å². The Balaban J connectivity index is 2.53. The van der Waals surface area contributed by atoms with E-state index in [-0.39, 0.29) is 24.7 Å². The molecular weight excluding hydrogens is 430 g/mol. The molecule has 0 saturated heterocycles. The van der Waals surface area contributed by atoms with Gasteiger partial charge in [0.2, 0.25) is 6.79 Å². The molecule has 2 aromatic rings. The van der Waals surface area contributed by atoms with Gasteiger partial charge in [-0.3, -0.25) is 9.67 Å². The number of carbonyl (C=O) groups excluding carboxylic acids is 1. The van der Waals surface area contributed by atoms with Crippen LogP contribution in [0.15, 0.2) is 29.3 Å². The molecular formula is C27H39N3O4. The Morgan fingerprint density at radius 2 is 1.76 bits per heavy atom. The molecule has 0 N–H and O–H groups in total. The van der Waals surface area contributed by atoms with Crippen molar-refractivity contribution in [3.8, 4) is 0 Å². The third-order valence-electron chi connectivity index (χ3n) is 5.42. The number of carbonyl (C=O) groups is 1. The Morgan fingerprint density at radius 1 is 1.12 bits per heavy atom. The zero-order valence-corrected chi connectivity index (χ0v) is 22.1. The van der Waals surface area contributed by atoms with Crippen molar-refractivity contribution in [1.82, 2.24) is 9.78 Å². The van der Waals surface area contributed by atoms with Crippen molar-refractivity contribution in [2.45, 2.75) is 67.3 Å². The molecule has 0 atom stereocenters. The standard InChI is InChI=1S/C27H39N3O4/c1-10-30-24(19(4)20(5)29-30)25(33-17-34-26(31)32-16-18(2)3)23(15-28-9)21-11-13-22(14-12-21)27(6,7)8/h11-15,18H,10,16-17H2,1-9H3/b25-23-,28-15?. The highest BCUT2D eigenvalue weighted by Gasteiger charge is 2.22. The molecule has 0 radical (unpaired) electrons. The highest BCUT2D eigenvalue weighted by Crippen LogP contribution is 2.31. The number of hydrogen-bond acceptors (Lipinski definition) is 6. The molecule has 0 saturated carbocycles. The molecule has 34 heavy (non-hydrogen) atoms. The van der Waals surface area contributed by atoms with Gasteiger partial charge in [0.15, 0.2) is 5.76 Å². The molecule has 1 aromatic carbocycles. The Morgan fingerprint density at radius 3 is 2.29 bits per heavy atom. The fraction of sp³-hybridized carbons (Fsp3) is 0.519. The molecule has 0 aliphatic rings. The van der Waals surface area contributed by atoms with Crippen LogP contribution in [0.25, 0.3) is 11.3 Å². The maximum absolute atomic E-state index is 12.0. The predicted molar refractivity (Wildman–Crippen MR) is 137 cm³/mol. The number of aliphatic imine (C=N–C) groups is 1. The first kappa shape index (κ1) is 27.2. The first-order valence-corrected chi connectivity index (χ1v) is 11.7. The summed E-state index contributed by atoms with van der Waals surface area (Å²) in [5.41, 5.74) is 5.72. The van der Waals surface area contributed by atoms with Gasteiger partial charge in [0, 0.05) is 30.9 Å². The molecule has 0 unspecified atom stereocenters. The second-order valence-electron chi connectivity index (χ2n) is 9.69. The summed E-state index contributed by atoms with van der Waals surface area (Å²) < 4.78 is 18.3. The molecule has 7 heteroatoms. The lowest BCUT2D eigenvalue weighted by molar-refractivity contribution is -0.00947. The number of ether oxygens (including phenoxy) is 3. The summed E-state index contributed by atoms with van der Waals surface area (Å²) in [4.78, 5) is 16.3. The summed E-state index contributed by atoms with van der Waals surface area (Å²) in [5.74, 6) is 0.766. The van der Waals surface area contributed by atoms with Crippen LogP contribution in [0.2, 0.25) is 0 Å². The van der Waals surface area contributed by atoms with Gasteiger partial charge in [0.1, 0.15) is 5.69 Å². The summed E-state index contributed by atoms with van der Waals surface area (Å²) in [7, 11) is 1.72. The van der Waals surface area contributed by atoms with E-state index in [0.29, 0.717) is 12.3 Å². The van der Waals surface area contributed by atoms with Crippen LogP contribution >= 0.6 is 0 Å². The molecule has 0 bridgehead atoms. The molecule has 0 aliphatic heterocycles. The van der Waals surface area contributed by atoms with Crippen molar-refractivity contribution in [2.24, 2.45) is 10.9 Å². The first-order chi connectivity index (χ1) is 16.0. The van der Waals surface area contributed by atoms with E-state index in [1.165, 1.54) is 5.56 Å². The fourth-order valence-electron chi connectivity index (χ4n) is 3.42. The van der Waals surface area contributed by atoms with Gasteiger partial charge in [-0.2, -0.15) is 5.10 Å². The number of rotatable bonds is 9. The van der Waals surface area contributed by atoms with E-state index in [2.05, 4.69) is 55.1 Å². The maximum atomic E-state index is 12.0. The van der Waals surface area contributed by atoms with Crippen LogP contribution in [-0.4, -0.2) is 42.6 Å². The van der Waals surface area contributed by atoms with E-state index in [1.54, 1.807) is 13.3 Å². The molecule has 0 amide bonds. The van der Waals surface area contributed by atoms with Crippen LogP contribution < -0.4 is 0 Å². The van der Waals surface area contributed by atoms with Crippen LogP contribution in [0.3, 0.4) is 0 Å². The predicted octanol–water partition coefficient (Wildman–Crippen LogP) is 6.17. The summed E-state index contributed by atoms with van der Waals surface area (Å²) >= 11 is 0. The van der Waals surface area contributed by atoms with E-state index in [1.807, 2.05) is 39.3 Å². The van der Waals surface area contributed by atoms with Crippen LogP contribution in [-0.2, 0) is 26.2 Å². The van der Waals surface area contributed by atoms with Gasteiger partial charge in [0.25, 0.3) is 0 Å². The van der Waals surface area contributed by atoms with Crippen LogP contribution in [0.4, 0.5) is 4.79 Å². The van der Waals surface area contributed by atoms with Gasteiger partial charge in [-0.05, 0) is 43.2 Å². The van der Waals surface area contributed by atoms with Crippen molar-refractivity contribution < 1.29 is 19.0 Å². The van der Waals surface area contributed by atoms with Gasteiger partial charge in [-0.1, -0.05) is 58.9 Å². The summed E-state index contributed by atoms with van der Waals surface area (Å²) in [6.07, 6.45) is 1.01. The molecule has 7 nitrogen and oxygen atoms in total. The zero-order valence-electron chi connectivity index (χ0n) is 22.1. The minimum atomic E-state index is -0.759. The van der Waals surface area contributed by atoms with E-state index in [0.717, 1.165) is 28.1 Å². The number of aromatic nitrogens is 2. The van der Waals surface area contributed by atoms with Gasteiger partial charge in [-0.15, -0.1) is 0 Å². The van der Waals surface area contributed by atoms with Crippen molar-refractivity contribution in [2.75, 3.05) is 20.4 Å². The van der Waals surface area contributed by atoms with Crippen LogP contribution in [0.5, 0.6) is 0 Å². The molecule has 0 fully saturated rings. The van der Waals surface area contributed by atoms with Crippen molar-refractivity contribution in [3.63, 3.8) is 0 Å². The molecule has 0 aliphatic carbocycles. The normalized spacial score (nSPS) is 12.8. The molecule has 1 aromatic heterocycles. The van der Waals surface area contributed by atoms with E-state index in [4.69, 9.17) is 14.2 Å². The largest absolute Gasteiger partial charge is 0.511 e. The highest BCUT2D eigenvalue weighted by atomic mass is 16.8. The van der Waals surface area contributed by atoms with Crippen LogP contribution in [0, 0.1) is 19.8 Å². The maximum Gasteiger partial charge on any atom is 0.511 e. The number of aryl methyl sites for hydroxylation is 2. The molecule has 0 spiro atoms.